The van der Waals surface area contributed by atoms with Crippen LogP contribution in [0.2, 0.25) is 0 Å². The third-order valence-corrected chi connectivity index (χ3v) is 6.04. The van der Waals surface area contributed by atoms with E-state index in [4.69, 9.17) is 0 Å². The average Bonchev–Trinajstić information content (AvgIpc) is 2.73. The van der Waals surface area contributed by atoms with E-state index in [1.807, 2.05) is 24.3 Å². The Morgan fingerprint density at radius 2 is 1.07 bits per heavy atom. The Kier molecular flexibility index (Phi) is 6.66. The molecule has 0 atom stereocenters. The van der Waals surface area contributed by atoms with Gasteiger partial charge in [-0.25, -0.2) is 0 Å². The van der Waals surface area contributed by atoms with E-state index in [2.05, 4.69) is 86.4 Å². The monoisotopic (exact) mass is 398 g/mol. The fourth-order valence-corrected chi connectivity index (χ4v) is 4.54. The molecule has 0 fully saturated rings. The summed E-state index contributed by atoms with van der Waals surface area (Å²) >= 11 is 0. The van der Waals surface area contributed by atoms with Crippen molar-refractivity contribution >= 4 is 11.4 Å². The molecule has 0 amide bonds. The van der Waals surface area contributed by atoms with Crippen LogP contribution >= 0.6 is 0 Å². The Morgan fingerprint density at radius 1 is 0.700 bits per heavy atom. The van der Waals surface area contributed by atoms with Crippen molar-refractivity contribution in [1.29, 1.82) is 0 Å². The Bertz CT molecular complexity index is 856. The lowest BCUT2D eigenvalue weighted by atomic mass is 9.68. The molecule has 0 aliphatic heterocycles. The van der Waals surface area contributed by atoms with Gasteiger partial charge >= 0.3 is 0 Å². The number of hydrogen-bond acceptors (Lipinski definition) is 2. The van der Waals surface area contributed by atoms with Gasteiger partial charge in [0.05, 0.1) is 0 Å². The zero-order valence-corrected chi connectivity index (χ0v) is 18.5. The van der Waals surface area contributed by atoms with Crippen LogP contribution in [0.5, 0.6) is 0 Å². The molecule has 2 heteroatoms. The maximum absolute atomic E-state index is 3.92. The number of rotatable bonds is 10. The molecule has 0 bridgehead atoms. The second kappa shape index (κ2) is 9.21. The predicted octanol–water partition coefficient (Wildman–Crippen LogP) is 6.27. The van der Waals surface area contributed by atoms with E-state index in [1.54, 1.807) is 0 Å². The van der Waals surface area contributed by atoms with Crippen LogP contribution in [0.3, 0.4) is 0 Å². The molecule has 0 saturated heterocycles. The molecule has 156 valence electrons. The van der Waals surface area contributed by atoms with Crippen molar-refractivity contribution in [1.82, 2.24) is 0 Å². The Morgan fingerprint density at radius 3 is 1.40 bits per heavy atom. The molecule has 0 N–H and O–H groups in total. The third kappa shape index (κ3) is 4.14. The van der Waals surface area contributed by atoms with Crippen molar-refractivity contribution in [2.45, 2.75) is 25.7 Å². The fourth-order valence-electron chi connectivity index (χ4n) is 4.54. The van der Waals surface area contributed by atoms with Crippen LogP contribution in [0.4, 0.5) is 11.4 Å². The molecule has 0 heterocycles. The zero-order valence-electron chi connectivity index (χ0n) is 18.5. The zero-order chi connectivity index (χ0) is 21.7. The van der Waals surface area contributed by atoms with Gasteiger partial charge in [0, 0.05) is 43.0 Å². The lowest BCUT2D eigenvalue weighted by Crippen LogP contribution is -2.30. The maximum atomic E-state index is 3.92. The van der Waals surface area contributed by atoms with E-state index in [1.165, 1.54) is 33.6 Å². The Balaban J connectivity index is 2.04. The van der Waals surface area contributed by atoms with Crippen LogP contribution in [-0.4, -0.2) is 26.2 Å². The van der Waals surface area contributed by atoms with Gasteiger partial charge in [-0.15, -0.1) is 26.3 Å². The summed E-state index contributed by atoms with van der Waals surface area (Å²) in [5.41, 5.74) is 8.01. The minimum Gasteiger partial charge on any atom is -0.364 e. The molecule has 1 aliphatic carbocycles. The van der Waals surface area contributed by atoms with E-state index in [-0.39, 0.29) is 5.41 Å². The fraction of sp³-hybridized carbons (Fsp3) is 0.286. The van der Waals surface area contributed by atoms with Crippen molar-refractivity contribution < 1.29 is 0 Å². The molecule has 0 radical (unpaired) electrons. The molecular formula is C28H34N2. The summed E-state index contributed by atoms with van der Waals surface area (Å²) < 4.78 is 0. The molecule has 2 nitrogen and oxygen atoms in total. The van der Waals surface area contributed by atoms with Crippen LogP contribution in [0.25, 0.3) is 0 Å². The lowest BCUT2D eigenvalue weighted by Gasteiger charge is -2.37. The number of benzene rings is 2. The second-order valence-electron chi connectivity index (χ2n) is 8.45. The van der Waals surface area contributed by atoms with Crippen LogP contribution in [0.15, 0.2) is 87.0 Å². The summed E-state index contributed by atoms with van der Waals surface area (Å²) in [6.45, 7) is 23.6. The van der Waals surface area contributed by atoms with Gasteiger partial charge in [0.2, 0.25) is 0 Å². The van der Waals surface area contributed by atoms with Gasteiger partial charge in [-0.2, -0.15) is 0 Å². The van der Waals surface area contributed by atoms with E-state index < -0.39 is 0 Å². The maximum Gasteiger partial charge on any atom is 0.0375 e. The number of fused-ring (bicyclic) bond motifs is 2. The largest absolute Gasteiger partial charge is 0.364 e. The summed E-state index contributed by atoms with van der Waals surface area (Å²) in [5.74, 6) is 0. The average molecular weight is 399 g/mol. The SMILES string of the molecule is C=CCN(CC=C)c1ccc2c(c1)C(C)(C)c1cc(N(CC=C)CC=C)ccc1C2. The van der Waals surface area contributed by atoms with Gasteiger partial charge in [-0.1, -0.05) is 50.3 Å². The smallest absolute Gasteiger partial charge is 0.0375 e. The van der Waals surface area contributed by atoms with Gasteiger partial charge in [0.1, 0.15) is 0 Å². The normalized spacial score (nSPS) is 13.5. The highest BCUT2D eigenvalue weighted by atomic mass is 15.1. The Hall–Kier alpha value is -3.00. The quantitative estimate of drug-likeness (QED) is 0.435. The molecule has 0 spiro atoms. The molecule has 0 unspecified atom stereocenters. The minimum atomic E-state index is -0.0724. The topological polar surface area (TPSA) is 6.48 Å². The van der Waals surface area contributed by atoms with E-state index in [0.717, 1.165) is 32.6 Å². The van der Waals surface area contributed by atoms with Crippen molar-refractivity contribution in [3.05, 3.63) is 109 Å². The standard InChI is InChI=1S/C28H34N2/c1-7-15-29(16-8-2)24-13-11-22-19-23-12-14-25(30(17-9-3)18-10-4)21-27(23)28(5,6)26(22)20-24/h7-14,20-21H,1-4,15-19H2,5-6H3. The van der Waals surface area contributed by atoms with Crippen LogP contribution in [-0.2, 0) is 11.8 Å². The van der Waals surface area contributed by atoms with E-state index in [9.17, 15) is 0 Å². The summed E-state index contributed by atoms with van der Waals surface area (Å²) in [6.07, 6.45) is 8.76. The van der Waals surface area contributed by atoms with E-state index in [0.29, 0.717) is 0 Å². The molecule has 3 rings (SSSR count). The third-order valence-electron chi connectivity index (χ3n) is 6.04. The summed E-state index contributed by atoms with van der Waals surface area (Å²) in [5, 5.41) is 0. The molecule has 0 aromatic heterocycles. The van der Waals surface area contributed by atoms with Crippen molar-refractivity contribution in [3.8, 4) is 0 Å². The molecule has 1 aliphatic rings. The van der Waals surface area contributed by atoms with Gasteiger partial charge < -0.3 is 9.80 Å². The van der Waals surface area contributed by atoms with Crippen molar-refractivity contribution in [2.75, 3.05) is 36.0 Å². The van der Waals surface area contributed by atoms with Crippen molar-refractivity contribution in [2.24, 2.45) is 0 Å². The molecule has 0 saturated carbocycles. The highest BCUT2D eigenvalue weighted by Crippen LogP contribution is 2.43. The van der Waals surface area contributed by atoms with Gasteiger partial charge in [0.15, 0.2) is 0 Å². The van der Waals surface area contributed by atoms with Crippen molar-refractivity contribution in [3.63, 3.8) is 0 Å². The number of nitrogens with zero attached hydrogens (tertiary/aromatic N) is 2. The molecular weight excluding hydrogens is 364 g/mol. The van der Waals surface area contributed by atoms with E-state index >= 15 is 0 Å². The van der Waals surface area contributed by atoms with Crippen LogP contribution in [0.1, 0.15) is 36.1 Å². The molecule has 2 aromatic rings. The lowest BCUT2D eigenvalue weighted by molar-refractivity contribution is 0.610. The first-order valence-corrected chi connectivity index (χ1v) is 10.7. The number of anilines is 2. The Labute approximate surface area is 182 Å². The van der Waals surface area contributed by atoms with Crippen LogP contribution in [0, 0.1) is 0 Å². The molecule has 2 aromatic carbocycles. The van der Waals surface area contributed by atoms with Crippen LogP contribution < -0.4 is 9.80 Å². The first-order chi connectivity index (χ1) is 14.5. The summed E-state index contributed by atoms with van der Waals surface area (Å²) in [7, 11) is 0. The first kappa shape index (κ1) is 21.7. The molecule has 30 heavy (non-hydrogen) atoms. The predicted molar refractivity (Wildman–Crippen MR) is 133 cm³/mol. The number of hydrogen-bond donors (Lipinski definition) is 0. The highest BCUT2D eigenvalue weighted by Gasteiger charge is 2.33. The summed E-state index contributed by atoms with van der Waals surface area (Å²) in [6, 6.07) is 13.8. The summed E-state index contributed by atoms with van der Waals surface area (Å²) in [4.78, 5) is 4.61. The second-order valence-corrected chi connectivity index (χ2v) is 8.45. The minimum absolute atomic E-state index is 0.0724. The van der Waals surface area contributed by atoms with Gasteiger partial charge in [0.25, 0.3) is 0 Å². The van der Waals surface area contributed by atoms with Gasteiger partial charge in [-0.3, -0.25) is 0 Å². The first-order valence-electron chi connectivity index (χ1n) is 10.7. The van der Waals surface area contributed by atoms with Gasteiger partial charge in [-0.05, 0) is 52.9 Å². The highest BCUT2D eigenvalue weighted by molar-refractivity contribution is 5.63.